The Morgan fingerprint density at radius 3 is 2.46 bits per heavy atom. The van der Waals surface area contributed by atoms with Crippen LogP contribution < -0.4 is 10.6 Å². The maximum absolute atomic E-state index is 13.7. The van der Waals surface area contributed by atoms with Crippen molar-refractivity contribution < 1.29 is 13.6 Å². The molecule has 1 heterocycles. The van der Waals surface area contributed by atoms with E-state index in [0.717, 1.165) is 12.1 Å². The average Bonchev–Trinajstić information content (AvgIpc) is 2.61. The Kier molecular flexibility index (Phi) is 5.35. The fourth-order valence-electron chi connectivity index (χ4n) is 2.18. The summed E-state index contributed by atoms with van der Waals surface area (Å²) in [7, 11) is 0. The summed E-state index contributed by atoms with van der Waals surface area (Å²) in [6, 6.07) is 9.66. The van der Waals surface area contributed by atoms with Gasteiger partial charge in [-0.05, 0) is 36.4 Å². The predicted molar refractivity (Wildman–Crippen MR) is 98.3 cm³/mol. The van der Waals surface area contributed by atoms with Crippen LogP contribution in [0.5, 0.6) is 0 Å². The Morgan fingerprint density at radius 2 is 1.73 bits per heavy atom. The third-order valence-corrected chi connectivity index (χ3v) is 3.97. The van der Waals surface area contributed by atoms with Gasteiger partial charge >= 0.3 is 0 Å². The second kappa shape index (κ2) is 7.68. The lowest BCUT2D eigenvalue weighted by Crippen LogP contribution is -2.14. The molecule has 0 saturated carbocycles. The first-order chi connectivity index (χ1) is 12.4. The summed E-state index contributed by atoms with van der Waals surface area (Å²) in [5.74, 6) is -2.44. The molecular formula is C18H11Cl2F2N3O. The van der Waals surface area contributed by atoms with Crippen molar-refractivity contribution in [3.05, 3.63) is 82.1 Å². The van der Waals surface area contributed by atoms with Gasteiger partial charge in [-0.15, -0.1) is 0 Å². The number of carbonyl (C=O) groups is 1. The van der Waals surface area contributed by atoms with Gasteiger partial charge in [0.1, 0.15) is 17.3 Å². The number of benzene rings is 2. The number of halogens is 4. The van der Waals surface area contributed by atoms with Gasteiger partial charge in [0, 0.05) is 11.2 Å². The standard InChI is InChI=1S/C18H11Cl2F2N3O/c19-11-4-5-13(20)16(7-11)24-12-6-10(8-23-9-12)18(26)25-17-14(21)2-1-3-15(17)22/h1-9,24H,(H,25,26). The van der Waals surface area contributed by atoms with Gasteiger partial charge in [0.15, 0.2) is 0 Å². The monoisotopic (exact) mass is 393 g/mol. The minimum atomic E-state index is -0.869. The molecule has 0 bridgehead atoms. The molecule has 2 aromatic carbocycles. The van der Waals surface area contributed by atoms with Crippen LogP contribution in [-0.2, 0) is 0 Å². The van der Waals surface area contributed by atoms with E-state index < -0.39 is 23.2 Å². The van der Waals surface area contributed by atoms with Crippen molar-refractivity contribution >= 4 is 46.2 Å². The molecule has 132 valence electrons. The van der Waals surface area contributed by atoms with Crippen LogP contribution in [0.1, 0.15) is 10.4 Å². The van der Waals surface area contributed by atoms with Crippen LogP contribution in [0.3, 0.4) is 0 Å². The molecular weight excluding hydrogens is 383 g/mol. The average molecular weight is 394 g/mol. The minimum absolute atomic E-state index is 0.107. The first kappa shape index (κ1) is 18.1. The van der Waals surface area contributed by atoms with E-state index in [1.807, 2.05) is 0 Å². The van der Waals surface area contributed by atoms with Gasteiger partial charge in [-0.25, -0.2) is 8.78 Å². The van der Waals surface area contributed by atoms with Crippen LogP contribution in [0.25, 0.3) is 0 Å². The maximum atomic E-state index is 13.7. The molecule has 1 amide bonds. The van der Waals surface area contributed by atoms with Crippen molar-refractivity contribution in [3.63, 3.8) is 0 Å². The summed E-state index contributed by atoms with van der Waals surface area (Å²) in [6.07, 6.45) is 2.75. The van der Waals surface area contributed by atoms with Gasteiger partial charge in [-0.3, -0.25) is 9.78 Å². The molecule has 0 aliphatic carbocycles. The summed E-state index contributed by atoms with van der Waals surface area (Å²) in [5, 5.41) is 6.10. The number of nitrogens with one attached hydrogen (secondary N) is 2. The maximum Gasteiger partial charge on any atom is 0.257 e. The summed E-state index contributed by atoms with van der Waals surface area (Å²) in [6.45, 7) is 0. The van der Waals surface area contributed by atoms with Crippen molar-refractivity contribution in [1.29, 1.82) is 0 Å². The summed E-state index contributed by atoms with van der Waals surface area (Å²) in [5.41, 5.74) is 0.569. The molecule has 0 atom stereocenters. The van der Waals surface area contributed by atoms with Gasteiger partial charge in [-0.1, -0.05) is 29.3 Å². The molecule has 1 aromatic heterocycles. The van der Waals surface area contributed by atoms with Crippen LogP contribution in [0, 0.1) is 11.6 Å². The Morgan fingerprint density at radius 1 is 1.00 bits per heavy atom. The Labute approximate surface area is 157 Å². The molecule has 2 N–H and O–H groups in total. The number of hydrogen-bond donors (Lipinski definition) is 2. The summed E-state index contributed by atoms with van der Waals surface area (Å²) in [4.78, 5) is 16.2. The summed E-state index contributed by atoms with van der Waals surface area (Å²) >= 11 is 12.0. The lowest BCUT2D eigenvalue weighted by Gasteiger charge is -2.11. The normalized spacial score (nSPS) is 10.5. The molecule has 0 spiro atoms. The molecule has 3 rings (SSSR count). The zero-order valence-corrected chi connectivity index (χ0v) is 14.6. The Hall–Kier alpha value is -2.70. The van der Waals surface area contributed by atoms with Crippen molar-refractivity contribution in [2.24, 2.45) is 0 Å². The Balaban J connectivity index is 1.83. The Bertz CT molecular complexity index is 962. The molecule has 0 fully saturated rings. The number of amides is 1. The lowest BCUT2D eigenvalue weighted by atomic mass is 10.2. The predicted octanol–water partition coefficient (Wildman–Crippen LogP) is 5.66. The van der Waals surface area contributed by atoms with E-state index >= 15 is 0 Å². The van der Waals surface area contributed by atoms with E-state index in [1.165, 1.54) is 24.5 Å². The van der Waals surface area contributed by atoms with Crippen molar-refractivity contribution in [2.75, 3.05) is 10.6 Å². The van der Waals surface area contributed by atoms with Crippen LogP contribution in [0.2, 0.25) is 10.0 Å². The third-order valence-electron chi connectivity index (χ3n) is 3.41. The van der Waals surface area contributed by atoms with Gasteiger partial charge in [-0.2, -0.15) is 0 Å². The molecule has 0 aliphatic rings. The van der Waals surface area contributed by atoms with E-state index in [2.05, 4.69) is 15.6 Å². The highest BCUT2D eigenvalue weighted by Gasteiger charge is 2.14. The fourth-order valence-corrected chi connectivity index (χ4v) is 2.52. The van der Waals surface area contributed by atoms with Gasteiger partial charge < -0.3 is 10.6 Å². The number of anilines is 3. The van der Waals surface area contributed by atoms with E-state index in [4.69, 9.17) is 23.2 Å². The first-order valence-corrected chi connectivity index (χ1v) is 8.12. The molecule has 3 aromatic rings. The van der Waals surface area contributed by atoms with Gasteiger partial charge in [0.25, 0.3) is 5.91 Å². The summed E-state index contributed by atoms with van der Waals surface area (Å²) < 4.78 is 27.3. The van der Waals surface area contributed by atoms with Gasteiger partial charge in [0.05, 0.1) is 28.2 Å². The SMILES string of the molecule is O=C(Nc1c(F)cccc1F)c1cncc(Nc2cc(Cl)ccc2Cl)c1. The number of para-hydroxylation sites is 1. The number of pyridine rings is 1. The number of rotatable bonds is 4. The minimum Gasteiger partial charge on any atom is -0.353 e. The number of hydrogen-bond acceptors (Lipinski definition) is 3. The molecule has 0 saturated heterocycles. The highest BCUT2D eigenvalue weighted by molar-refractivity contribution is 6.35. The molecule has 26 heavy (non-hydrogen) atoms. The zero-order valence-electron chi connectivity index (χ0n) is 13.1. The first-order valence-electron chi connectivity index (χ1n) is 7.36. The van der Waals surface area contributed by atoms with Crippen LogP contribution in [0.4, 0.5) is 25.8 Å². The van der Waals surface area contributed by atoms with E-state index in [1.54, 1.807) is 18.2 Å². The number of carbonyl (C=O) groups excluding carboxylic acids is 1. The number of nitrogens with zero attached hydrogens (tertiary/aromatic N) is 1. The molecule has 0 radical (unpaired) electrons. The highest BCUT2D eigenvalue weighted by atomic mass is 35.5. The topological polar surface area (TPSA) is 54.0 Å². The fraction of sp³-hybridized carbons (Fsp3) is 0. The van der Waals surface area contributed by atoms with E-state index in [0.29, 0.717) is 21.4 Å². The van der Waals surface area contributed by atoms with Crippen molar-refractivity contribution in [3.8, 4) is 0 Å². The second-order valence-corrected chi connectivity index (χ2v) is 6.11. The molecule has 0 aliphatic heterocycles. The molecule has 4 nitrogen and oxygen atoms in total. The van der Waals surface area contributed by atoms with Crippen molar-refractivity contribution in [1.82, 2.24) is 4.98 Å². The zero-order chi connectivity index (χ0) is 18.7. The smallest absolute Gasteiger partial charge is 0.257 e. The van der Waals surface area contributed by atoms with Crippen LogP contribution in [-0.4, -0.2) is 10.9 Å². The van der Waals surface area contributed by atoms with E-state index in [9.17, 15) is 13.6 Å². The molecule has 8 heteroatoms. The van der Waals surface area contributed by atoms with E-state index in [-0.39, 0.29) is 5.56 Å². The molecule has 0 unspecified atom stereocenters. The van der Waals surface area contributed by atoms with Crippen LogP contribution >= 0.6 is 23.2 Å². The lowest BCUT2D eigenvalue weighted by molar-refractivity contribution is 0.102. The number of aromatic nitrogens is 1. The highest BCUT2D eigenvalue weighted by Crippen LogP contribution is 2.28. The third kappa shape index (κ3) is 4.09. The quantitative estimate of drug-likeness (QED) is 0.600. The van der Waals surface area contributed by atoms with Crippen molar-refractivity contribution in [2.45, 2.75) is 0 Å². The second-order valence-electron chi connectivity index (χ2n) is 5.26. The van der Waals surface area contributed by atoms with Gasteiger partial charge in [0.2, 0.25) is 0 Å². The largest absolute Gasteiger partial charge is 0.353 e. The van der Waals surface area contributed by atoms with Crippen LogP contribution in [0.15, 0.2) is 54.9 Å².